The molecule has 0 aliphatic heterocycles. The lowest BCUT2D eigenvalue weighted by molar-refractivity contribution is -0.385. The fourth-order valence-corrected chi connectivity index (χ4v) is 2.43. The van der Waals surface area contributed by atoms with Gasteiger partial charge >= 0.3 is 0 Å². The summed E-state index contributed by atoms with van der Waals surface area (Å²) in [6.07, 6.45) is 0. The van der Waals surface area contributed by atoms with Crippen LogP contribution >= 0.6 is 0 Å². The van der Waals surface area contributed by atoms with Crippen molar-refractivity contribution in [3.63, 3.8) is 0 Å². The highest BCUT2D eigenvalue weighted by molar-refractivity contribution is 5.46. The number of aliphatic hydroxyl groups is 1. The SMILES string of the molecule is O=[N+]([O-])c1ccc(Oc2cccc(OCc3ccccc3)c2)cc1CO. The van der Waals surface area contributed by atoms with Crippen LogP contribution in [-0.4, -0.2) is 10.0 Å². The number of rotatable bonds is 7. The molecule has 26 heavy (non-hydrogen) atoms. The molecule has 0 spiro atoms. The molecule has 0 fully saturated rings. The van der Waals surface area contributed by atoms with Gasteiger partial charge in [0.25, 0.3) is 5.69 Å². The minimum absolute atomic E-state index is 0.139. The molecule has 0 heterocycles. The summed E-state index contributed by atoms with van der Waals surface area (Å²) in [7, 11) is 0. The molecule has 0 atom stereocenters. The van der Waals surface area contributed by atoms with Gasteiger partial charge in [0.05, 0.1) is 17.1 Å². The second-order valence-corrected chi connectivity index (χ2v) is 5.56. The van der Waals surface area contributed by atoms with Crippen molar-refractivity contribution in [1.82, 2.24) is 0 Å². The van der Waals surface area contributed by atoms with Crippen LogP contribution in [-0.2, 0) is 13.2 Å². The molecule has 0 saturated carbocycles. The van der Waals surface area contributed by atoms with Crippen LogP contribution in [0.15, 0.2) is 72.8 Å². The standard InChI is InChI=1S/C20H17NO5/c22-13-16-11-19(9-10-20(16)21(23)24)26-18-8-4-7-17(12-18)25-14-15-5-2-1-3-6-15/h1-12,22H,13-14H2. The van der Waals surface area contributed by atoms with Crippen molar-refractivity contribution >= 4 is 5.69 Å². The van der Waals surface area contributed by atoms with Gasteiger partial charge in [-0.3, -0.25) is 10.1 Å². The highest BCUT2D eigenvalue weighted by atomic mass is 16.6. The van der Waals surface area contributed by atoms with Crippen LogP contribution < -0.4 is 9.47 Å². The van der Waals surface area contributed by atoms with Crippen molar-refractivity contribution < 1.29 is 19.5 Å². The maximum absolute atomic E-state index is 10.9. The van der Waals surface area contributed by atoms with E-state index in [1.165, 1.54) is 18.2 Å². The molecular formula is C20H17NO5. The Morgan fingerprint density at radius 2 is 1.62 bits per heavy atom. The summed E-state index contributed by atoms with van der Waals surface area (Å²) >= 11 is 0. The Kier molecular flexibility index (Phi) is 5.46. The Labute approximate surface area is 150 Å². The molecule has 0 aromatic heterocycles. The van der Waals surface area contributed by atoms with E-state index in [-0.39, 0.29) is 11.3 Å². The number of aliphatic hydroxyl groups excluding tert-OH is 1. The Hall–Kier alpha value is -3.38. The smallest absolute Gasteiger partial charge is 0.275 e. The van der Waals surface area contributed by atoms with E-state index in [9.17, 15) is 15.2 Å². The largest absolute Gasteiger partial charge is 0.489 e. The molecule has 0 unspecified atom stereocenters. The fourth-order valence-electron chi connectivity index (χ4n) is 2.43. The third-order valence-electron chi connectivity index (χ3n) is 3.71. The third kappa shape index (κ3) is 4.37. The Morgan fingerprint density at radius 1 is 0.885 bits per heavy atom. The lowest BCUT2D eigenvalue weighted by Crippen LogP contribution is -1.97. The van der Waals surface area contributed by atoms with Gasteiger partial charge < -0.3 is 14.6 Å². The molecule has 1 N–H and O–H groups in total. The molecule has 0 amide bonds. The van der Waals surface area contributed by atoms with E-state index in [2.05, 4.69) is 0 Å². The first-order valence-corrected chi connectivity index (χ1v) is 7.98. The molecule has 132 valence electrons. The number of hydrogen-bond donors (Lipinski definition) is 1. The highest BCUT2D eigenvalue weighted by Gasteiger charge is 2.14. The third-order valence-corrected chi connectivity index (χ3v) is 3.71. The summed E-state index contributed by atoms with van der Waals surface area (Å²) < 4.78 is 11.5. The number of benzene rings is 3. The normalized spacial score (nSPS) is 10.3. The zero-order valence-electron chi connectivity index (χ0n) is 13.9. The summed E-state index contributed by atoms with van der Waals surface area (Å²) in [5.41, 5.74) is 1.12. The van der Waals surface area contributed by atoms with Crippen LogP contribution in [0.3, 0.4) is 0 Å². The minimum Gasteiger partial charge on any atom is -0.489 e. The van der Waals surface area contributed by atoms with Crippen molar-refractivity contribution in [2.45, 2.75) is 13.2 Å². The molecule has 3 rings (SSSR count). The average Bonchev–Trinajstić information content (AvgIpc) is 2.67. The van der Waals surface area contributed by atoms with Crippen molar-refractivity contribution in [2.24, 2.45) is 0 Å². The van der Waals surface area contributed by atoms with Crippen molar-refractivity contribution in [3.8, 4) is 17.2 Å². The number of nitro benzene ring substituents is 1. The monoisotopic (exact) mass is 351 g/mol. The number of hydrogen-bond acceptors (Lipinski definition) is 5. The summed E-state index contributed by atoms with van der Waals surface area (Å²) in [5.74, 6) is 1.59. The van der Waals surface area contributed by atoms with Gasteiger partial charge in [-0.2, -0.15) is 0 Å². The number of ether oxygens (including phenoxy) is 2. The van der Waals surface area contributed by atoms with Crippen molar-refractivity contribution in [3.05, 3.63) is 94.0 Å². The highest BCUT2D eigenvalue weighted by Crippen LogP contribution is 2.29. The first-order valence-electron chi connectivity index (χ1n) is 7.98. The molecule has 6 nitrogen and oxygen atoms in total. The van der Waals surface area contributed by atoms with Crippen LogP contribution in [0.25, 0.3) is 0 Å². The molecule has 0 saturated heterocycles. The molecule has 0 aliphatic rings. The maximum Gasteiger partial charge on any atom is 0.275 e. The Bertz CT molecular complexity index is 896. The zero-order chi connectivity index (χ0) is 18.4. The lowest BCUT2D eigenvalue weighted by atomic mass is 10.2. The second-order valence-electron chi connectivity index (χ2n) is 5.56. The van der Waals surface area contributed by atoms with E-state index in [0.717, 1.165) is 5.56 Å². The molecule has 6 heteroatoms. The molecule has 3 aromatic carbocycles. The average molecular weight is 351 g/mol. The van der Waals surface area contributed by atoms with E-state index in [0.29, 0.717) is 23.9 Å². The fraction of sp³-hybridized carbons (Fsp3) is 0.100. The van der Waals surface area contributed by atoms with Gasteiger partial charge in [-0.05, 0) is 29.8 Å². The van der Waals surface area contributed by atoms with E-state index >= 15 is 0 Å². The van der Waals surface area contributed by atoms with Gasteiger partial charge in [-0.15, -0.1) is 0 Å². The number of nitro groups is 1. The molecular weight excluding hydrogens is 334 g/mol. The van der Waals surface area contributed by atoms with E-state index in [1.54, 1.807) is 18.2 Å². The molecule has 0 aliphatic carbocycles. The van der Waals surface area contributed by atoms with Crippen LogP contribution in [0.4, 0.5) is 5.69 Å². The predicted molar refractivity (Wildman–Crippen MR) is 96.3 cm³/mol. The van der Waals surface area contributed by atoms with Gasteiger partial charge in [0.15, 0.2) is 0 Å². The topological polar surface area (TPSA) is 81.8 Å². The maximum atomic E-state index is 10.9. The van der Waals surface area contributed by atoms with Gasteiger partial charge in [-0.25, -0.2) is 0 Å². The number of nitrogens with zero attached hydrogens (tertiary/aromatic N) is 1. The van der Waals surface area contributed by atoms with Crippen LogP contribution in [0.2, 0.25) is 0 Å². The van der Waals surface area contributed by atoms with E-state index in [4.69, 9.17) is 9.47 Å². The second kappa shape index (κ2) is 8.13. The molecule has 0 bridgehead atoms. The minimum atomic E-state index is -0.534. The van der Waals surface area contributed by atoms with E-state index < -0.39 is 11.5 Å². The van der Waals surface area contributed by atoms with Gasteiger partial charge in [0.1, 0.15) is 23.9 Å². The summed E-state index contributed by atoms with van der Waals surface area (Å²) in [6, 6.07) is 21.2. The summed E-state index contributed by atoms with van der Waals surface area (Å²) in [4.78, 5) is 10.4. The van der Waals surface area contributed by atoms with Gasteiger partial charge in [0.2, 0.25) is 0 Å². The summed E-state index contributed by atoms with van der Waals surface area (Å²) in [6.45, 7) is 0.00419. The van der Waals surface area contributed by atoms with Gasteiger partial charge in [-0.1, -0.05) is 36.4 Å². The van der Waals surface area contributed by atoms with E-state index in [1.807, 2.05) is 36.4 Å². The van der Waals surface area contributed by atoms with Crippen LogP contribution in [0, 0.1) is 10.1 Å². The first-order chi connectivity index (χ1) is 12.7. The lowest BCUT2D eigenvalue weighted by Gasteiger charge is -2.10. The molecule has 0 radical (unpaired) electrons. The van der Waals surface area contributed by atoms with Crippen molar-refractivity contribution in [2.75, 3.05) is 0 Å². The van der Waals surface area contributed by atoms with Crippen LogP contribution in [0.1, 0.15) is 11.1 Å². The zero-order valence-corrected chi connectivity index (χ0v) is 13.9. The quantitative estimate of drug-likeness (QED) is 0.502. The van der Waals surface area contributed by atoms with Gasteiger partial charge in [0, 0.05) is 12.1 Å². The van der Waals surface area contributed by atoms with Crippen LogP contribution in [0.5, 0.6) is 17.2 Å². The predicted octanol–water partition coefficient (Wildman–Crippen LogP) is 4.46. The summed E-state index contributed by atoms with van der Waals surface area (Å²) in [5, 5.41) is 20.2. The van der Waals surface area contributed by atoms with Crippen molar-refractivity contribution in [1.29, 1.82) is 0 Å². The molecule has 3 aromatic rings. The first kappa shape index (κ1) is 17.4. The Balaban J connectivity index is 1.71. The Morgan fingerprint density at radius 3 is 2.35 bits per heavy atom.